The molecule has 0 saturated carbocycles. The fraction of sp³-hybridized carbons (Fsp3) is 0.417. The summed E-state index contributed by atoms with van der Waals surface area (Å²) in [6.45, 7) is 3.03. The van der Waals surface area contributed by atoms with E-state index >= 15 is 0 Å². The zero-order chi connectivity index (χ0) is 28.6. The number of H-pyrrole nitrogens is 1. The summed E-state index contributed by atoms with van der Waals surface area (Å²) in [4.78, 5) is 75.3. The Morgan fingerprint density at radius 2 is 1.37 bits per heavy atom. The lowest BCUT2D eigenvalue weighted by Crippen LogP contribution is -2.58. The number of fused-ring (bicyclic) bond motifs is 1. The molecule has 0 aliphatic heterocycles. The molecule has 9 N–H and O–H groups in total. The third-order valence-electron chi connectivity index (χ3n) is 5.71. The predicted molar refractivity (Wildman–Crippen MR) is 133 cm³/mol. The number of hydrogen-bond acceptors (Lipinski definition) is 7. The van der Waals surface area contributed by atoms with Crippen molar-refractivity contribution in [3.05, 3.63) is 36.0 Å². The van der Waals surface area contributed by atoms with E-state index in [0.717, 1.165) is 16.5 Å². The average Bonchev–Trinajstić information content (AvgIpc) is 3.23. The fourth-order valence-electron chi connectivity index (χ4n) is 3.72. The number of hydrogen-bond donors (Lipinski definition) is 8. The standard InChI is InChI=1S/C24H31N5O9/c1-11(2)20(24(37)38)29-23(36)17(9-19(32)33)28-22(35)16(8-18(30)31)27-21(34)14(25)7-12-10-26-15-6-4-3-5-13(12)15/h3-6,10-11,14,16-17,20,26H,7-9,25H2,1-2H3,(H,27,34)(H,28,35)(H,29,36)(H,30,31)(H,32,33)(H,37,38). The van der Waals surface area contributed by atoms with Crippen molar-refractivity contribution >= 4 is 46.5 Å². The van der Waals surface area contributed by atoms with Crippen LogP contribution in [0.4, 0.5) is 0 Å². The van der Waals surface area contributed by atoms with Gasteiger partial charge in [-0.05, 0) is 24.0 Å². The average molecular weight is 534 g/mol. The molecule has 0 fully saturated rings. The zero-order valence-corrected chi connectivity index (χ0v) is 20.8. The predicted octanol–water partition coefficient (Wildman–Crippen LogP) is -0.818. The Kier molecular flexibility index (Phi) is 10.3. The minimum atomic E-state index is -1.74. The van der Waals surface area contributed by atoms with Gasteiger partial charge in [-0.25, -0.2) is 4.79 Å². The zero-order valence-electron chi connectivity index (χ0n) is 20.8. The van der Waals surface area contributed by atoms with E-state index in [1.54, 1.807) is 6.20 Å². The van der Waals surface area contributed by atoms with Crippen LogP contribution in [-0.2, 0) is 35.2 Å². The van der Waals surface area contributed by atoms with Gasteiger partial charge >= 0.3 is 17.9 Å². The molecule has 0 aliphatic carbocycles. The number of amides is 3. The van der Waals surface area contributed by atoms with Crippen LogP contribution in [-0.4, -0.2) is 80.1 Å². The second-order valence-electron chi connectivity index (χ2n) is 9.06. The summed E-state index contributed by atoms with van der Waals surface area (Å²) in [5.41, 5.74) is 7.55. The maximum absolute atomic E-state index is 12.9. The van der Waals surface area contributed by atoms with E-state index in [-0.39, 0.29) is 6.42 Å². The molecule has 206 valence electrons. The van der Waals surface area contributed by atoms with Gasteiger partial charge in [0.2, 0.25) is 17.7 Å². The van der Waals surface area contributed by atoms with E-state index in [4.69, 9.17) is 10.8 Å². The number of aromatic nitrogens is 1. The molecular weight excluding hydrogens is 502 g/mol. The first-order chi connectivity index (χ1) is 17.8. The molecule has 0 radical (unpaired) electrons. The van der Waals surface area contributed by atoms with Crippen LogP contribution < -0.4 is 21.7 Å². The summed E-state index contributed by atoms with van der Waals surface area (Å²) in [5, 5.41) is 35.0. The van der Waals surface area contributed by atoms with E-state index in [1.165, 1.54) is 13.8 Å². The smallest absolute Gasteiger partial charge is 0.326 e. The second kappa shape index (κ2) is 13.2. The Morgan fingerprint density at radius 1 is 0.842 bits per heavy atom. The van der Waals surface area contributed by atoms with Crippen LogP contribution in [0.3, 0.4) is 0 Å². The molecule has 2 aromatic rings. The van der Waals surface area contributed by atoms with Crippen molar-refractivity contribution in [3.63, 3.8) is 0 Å². The molecule has 2 rings (SSSR count). The molecule has 0 bridgehead atoms. The van der Waals surface area contributed by atoms with Gasteiger partial charge in [-0.15, -0.1) is 0 Å². The highest BCUT2D eigenvalue weighted by molar-refractivity contribution is 5.97. The minimum absolute atomic E-state index is 0.0626. The van der Waals surface area contributed by atoms with Gasteiger partial charge in [-0.2, -0.15) is 0 Å². The maximum Gasteiger partial charge on any atom is 0.326 e. The SMILES string of the molecule is CC(C)C(NC(=O)C(CC(=O)O)NC(=O)C(CC(=O)O)NC(=O)C(N)Cc1c[nH]c2ccccc12)C(=O)O. The Hall–Kier alpha value is -4.46. The second-order valence-corrected chi connectivity index (χ2v) is 9.06. The van der Waals surface area contributed by atoms with E-state index < -0.39 is 78.6 Å². The van der Waals surface area contributed by atoms with Crippen LogP contribution in [0.15, 0.2) is 30.5 Å². The summed E-state index contributed by atoms with van der Waals surface area (Å²) in [7, 11) is 0. The first kappa shape index (κ1) is 29.8. The van der Waals surface area contributed by atoms with Crippen LogP contribution in [0.5, 0.6) is 0 Å². The minimum Gasteiger partial charge on any atom is -0.481 e. The van der Waals surface area contributed by atoms with Gasteiger partial charge in [0.25, 0.3) is 0 Å². The number of rotatable bonds is 14. The van der Waals surface area contributed by atoms with Crippen molar-refractivity contribution in [2.75, 3.05) is 0 Å². The highest BCUT2D eigenvalue weighted by atomic mass is 16.4. The Labute approximate surface area is 217 Å². The van der Waals surface area contributed by atoms with Gasteiger partial charge in [0.15, 0.2) is 0 Å². The number of aliphatic carboxylic acids is 3. The third kappa shape index (κ3) is 8.30. The van der Waals surface area contributed by atoms with E-state index in [2.05, 4.69) is 20.9 Å². The van der Waals surface area contributed by atoms with Gasteiger partial charge in [-0.3, -0.25) is 24.0 Å². The molecule has 1 aromatic carbocycles. The molecule has 1 heterocycles. The Balaban J connectivity index is 2.15. The molecule has 1 aromatic heterocycles. The highest BCUT2D eigenvalue weighted by Gasteiger charge is 2.33. The number of aromatic amines is 1. The molecule has 0 saturated heterocycles. The number of para-hydroxylation sites is 1. The normalized spacial score (nSPS) is 14.2. The van der Waals surface area contributed by atoms with Crippen LogP contribution in [0.1, 0.15) is 32.3 Å². The molecule has 14 heteroatoms. The van der Waals surface area contributed by atoms with Crippen molar-refractivity contribution < 1.29 is 44.1 Å². The monoisotopic (exact) mass is 533 g/mol. The number of nitrogens with two attached hydrogens (primary N) is 1. The number of carboxylic acids is 3. The first-order valence-electron chi connectivity index (χ1n) is 11.7. The van der Waals surface area contributed by atoms with Crippen LogP contribution in [0, 0.1) is 5.92 Å². The molecule has 4 unspecified atom stereocenters. The number of nitrogens with one attached hydrogen (secondary N) is 4. The van der Waals surface area contributed by atoms with E-state index in [9.17, 15) is 39.0 Å². The largest absolute Gasteiger partial charge is 0.481 e. The lowest BCUT2D eigenvalue weighted by Gasteiger charge is -2.25. The summed E-state index contributed by atoms with van der Waals surface area (Å²) in [5.74, 6) is -7.97. The highest BCUT2D eigenvalue weighted by Crippen LogP contribution is 2.18. The fourth-order valence-corrected chi connectivity index (χ4v) is 3.72. The van der Waals surface area contributed by atoms with Crippen molar-refractivity contribution in [3.8, 4) is 0 Å². The lowest BCUT2D eigenvalue weighted by atomic mass is 10.0. The molecule has 0 spiro atoms. The summed E-state index contributed by atoms with van der Waals surface area (Å²) in [6, 6.07) is 1.32. The van der Waals surface area contributed by atoms with E-state index in [0.29, 0.717) is 0 Å². The number of carboxylic acid groups (broad SMARTS) is 3. The van der Waals surface area contributed by atoms with Gasteiger partial charge < -0.3 is 42.0 Å². The van der Waals surface area contributed by atoms with Crippen molar-refractivity contribution in [1.82, 2.24) is 20.9 Å². The van der Waals surface area contributed by atoms with Crippen molar-refractivity contribution in [2.45, 2.75) is 57.3 Å². The van der Waals surface area contributed by atoms with Crippen LogP contribution >= 0.6 is 0 Å². The van der Waals surface area contributed by atoms with Crippen LogP contribution in [0.2, 0.25) is 0 Å². The summed E-state index contributed by atoms with van der Waals surface area (Å²) >= 11 is 0. The molecule has 0 aliphatic rings. The number of carbonyl (C=O) groups is 6. The van der Waals surface area contributed by atoms with Gasteiger partial charge in [-0.1, -0.05) is 32.0 Å². The molecular formula is C24H31N5O9. The van der Waals surface area contributed by atoms with Crippen molar-refractivity contribution in [2.24, 2.45) is 11.7 Å². The van der Waals surface area contributed by atoms with E-state index in [1.807, 2.05) is 24.3 Å². The Bertz CT molecular complexity index is 1210. The molecule has 4 atom stereocenters. The molecule has 3 amide bonds. The summed E-state index contributed by atoms with van der Waals surface area (Å²) in [6.07, 6.45) is -0.0681. The quantitative estimate of drug-likeness (QED) is 0.150. The number of carbonyl (C=O) groups excluding carboxylic acids is 3. The van der Waals surface area contributed by atoms with Gasteiger partial charge in [0.05, 0.1) is 18.9 Å². The number of benzene rings is 1. The van der Waals surface area contributed by atoms with Crippen LogP contribution in [0.25, 0.3) is 10.9 Å². The van der Waals surface area contributed by atoms with Crippen molar-refractivity contribution in [1.29, 1.82) is 0 Å². The lowest BCUT2D eigenvalue weighted by molar-refractivity contribution is -0.145. The first-order valence-corrected chi connectivity index (χ1v) is 11.7. The molecule has 14 nitrogen and oxygen atoms in total. The third-order valence-corrected chi connectivity index (χ3v) is 5.71. The van der Waals surface area contributed by atoms with Gasteiger partial charge in [0.1, 0.15) is 18.1 Å². The molecule has 38 heavy (non-hydrogen) atoms. The Morgan fingerprint density at radius 3 is 1.89 bits per heavy atom. The summed E-state index contributed by atoms with van der Waals surface area (Å²) < 4.78 is 0. The topological polar surface area (TPSA) is 241 Å². The maximum atomic E-state index is 12.9. The van der Waals surface area contributed by atoms with Gasteiger partial charge in [0, 0.05) is 17.1 Å².